The number of fused-ring (bicyclic) bond motifs is 1. The molecule has 0 spiro atoms. The standard InChI is InChI=1S/C27H20N2O5S2/c1-32-21-10-16(11-22(33-2)25(21)34-3)12-23-26(31)29(27(35)36-23)15-20(14-28)24(30)19-9-8-17-6-4-5-7-18(17)13-19/h4-13,15H,1-3H3/b20-15-,23-12+. The number of carbonyl (C=O) groups is 2. The maximum Gasteiger partial charge on any atom is 0.270 e. The molecule has 36 heavy (non-hydrogen) atoms. The molecule has 0 saturated carbocycles. The van der Waals surface area contributed by atoms with Crippen molar-refractivity contribution in [3.05, 3.63) is 82.4 Å². The summed E-state index contributed by atoms with van der Waals surface area (Å²) < 4.78 is 16.3. The van der Waals surface area contributed by atoms with Crippen LogP contribution in [0.3, 0.4) is 0 Å². The number of rotatable bonds is 7. The summed E-state index contributed by atoms with van der Waals surface area (Å²) in [6.07, 6.45) is 2.83. The number of nitrogens with zero attached hydrogens (tertiary/aromatic N) is 2. The van der Waals surface area contributed by atoms with E-state index in [1.54, 1.807) is 30.3 Å². The number of carbonyl (C=O) groups excluding carboxylic acids is 2. The third-order valence-electron chi connectivity index (χ3n) is 5.44. The van der Waals surface area contributed by atoms with Crippen LogP contribution in [0.15, 0.2) is 71.3 Å². The van der Waals surface area contributed by atoms with Gasteiger partial charge < -0.3 is 14.2 Å². The molecule has 7 nitrogen and oxygen atoms in total. The Hall–Kier alpha value is -4.13. The van der Waals surface area contributed by atoms with Crippen LogP contribution in [-0.4, -0.2) is 42.2 Å². The Kier molecular flexibility index (Phi) is 7.38. The summed E-state index contributed by atoms with van der Waals surface area (Å²) in [6, 6.07) is 18.1. The van der Waals surface area contributed by atoms with Crippen LogP contribution < -0.4 is 14.2 Å². The minimum Gasteiger partial charge on any atom is -0.493 e. The van der Waals surface area contributed by atoms with Gasteiger partial charge in [-0.3, -0.25) is 14.5 Å². The fourth-order valence-corrected chi connectivity index (χ4v) is 4.89. The summed E-state index contributed by atoms with van der Waals surface area (Å²) in [7, 11) is 4.51. The molecule has 0 aliphatic carbocycles. The van der Waals surface area contributed by atoms with E-state index in [-0.39, 0.29) is 9.89 Å². The summed E-state index contributed by atoms with van der Waals surface area (Å²) in [4.78, 5) is 27.7. The van der Waals surface area contributed by atoms with E-state index in [1.165, 1.54) is 27.5 Å². The van der Waals surface area contributed by atoms with E-state index in [2.05, 4.69) is 0 Å². The molecule has 4 rings (SSSR count). The molecule has 3 aromatic carbocycles. The lowest BCUT2D eigenvalue weighted by Gasteiger charge is -2.13. The highest BCUT2D eigenvalue weighted by Crippen LogP contribution is 2.40. The number of methoxy groups -OCH3 is 3. The summed E-state index contributed by atoms with van der Waals surface area (Å²) in [5.74, 6) is 0.361. The first kappa shape index (κ1) is 25.0. The zero-order valence-corrected chi connectivity index (χ0v) is 21.2. The molecule has 0 radical (unpaired) electrons. The highest BCUT2D eigenvalue weighted by atomic mass is 32.2. The number of thiocarbonyl (C=S) groups is 1. The van der Waals surface area contributed by atoms with Crippen LogP contribution in [0.1, 0.15) is 15.9 Å². The first-order valence-electron chi connectivity index (χ1n) is 10.6. The summed E-state index contributed by atoms with van der Waals surface area (Å²) >= 11 is 6.44. The van der Waals surface area contributed by atoms with Crippen LogP contribution in [0.5, 0.6) is 17.2 Å². The first-order chi connectivity index (χ1) is 17.4. The van der Waals surface area contributed by atoms with E-state index >= 15 is 0 Å². The average molecular weight is 517 g/mol. The summed E-state index contributed by atoms with van der Waals surface area (Å²) in [5, 5.41) is 11.5. The van der Waals surface area contributed by atoms with Gasteiger partial charge >= 0.3 is 0 Å². The fourth-order valence-electron chi connectivity index (χ4n) is 3.68. The summed E-state index contributed by atoms with van der Waals surface area (Å²) in [5.41, 5.74) is 0.775. The Labute approximate surface area is 217 Å². The van der Waals surface area contributed by atoms with Gasteiger partial charge in [-0.25, -0.2) is 0 Å². The zero-order valence-electron chi connectivity index (χ0n) is 19.6. The molecule has 3 aromatic rings. The van der Waals surface area contributed by atoms with Crippen molar-refractivity contribution in [2.24, 2.45) is 0 Å². The molecule has 0 atom stereocenters. The Morgan fingerprint density at radius 3 is 2.28 bits per heavy atom. The minimum atomic E-state index is -0.495. The molecule has 1 heterocycles. The molecule has 1 fully saturated rings. The molecule has 0 aromatic heterocycles. The van der Waals surface area contributed by atoms with E-state index in [4.69, 9.17) is 26.4 Å². The number of ether oxygens (including phenoxy) is 3. The van der Waals surface area contributed by atoms with E-state index < -0.39 is 11.7 Å². The van der Waals surface area contributed by atoms with Gasteiger partial charge in [-0.1, -0.05) is 60.4 Å². The van der Waals surface area contributed by atoms with Gasteiger partial charge in [-0.2, -0.15) is 5.26 Å². The second kappa shape index (κ2) is 10.6. The third kappa shape index (κ3) is 4.82. The Bertz CT molecular complexity index is 1480. The molecule has 0 unspecified atom stereocenters. The number of hydrogen-bond donors (Lipinski definition) is 0. The molecule has 9 heteroatoms. The number of hydrogen-bond acceptors (Lipinski definition) is 8. The number of allylic oxidation sites excluding steroid dienone is 1. The second-order valence-corrected chi connectivity index (χ2v) is 9.23. The SMILES string of the molecule is COc1cc(/C=C2/SC(=S)N(/C=C(/C#N)C(=O)c3ccc4ccccc4c3)C2=O)cc(OC)c1OC. The average Bonchev–Trinajstić information content (AvgIpc) is 3.17. The predicted octanol–water partition coefficient (Wildman–Crippen LogP) is 5.36. The second-order valence-electron chi connectivity index (χ2n) is 7.56. The van der Waals surface area contributed by atoms with Crippen LogP contribution in [0.2, 0.25) is 0 Å². The first-order valence-corrected chi connectivity index (χ1v) is 11.8. The molecule has 1 aliphatic rings. The molecular formula is C27H20N2O5S2. The molecule has 1 amide bonds. The highest BCUT2D eigenvalue weighted by molar-refractivity contribution is 8.26. The number of amides is 1. The van der Waals surface area contributed by atoms with E-state index in [0.717, 1.165) is 27.4 Å². The van der Waals surface area contributed by atoms with Gasteiger partial charge in [0.2, 0.25) is 11.5 Å². The predicted molar refractivity (Wildman–Crippen MR) is 143 cm³/mol. The topological polar surface area (TPSA) is 88.9 Å². The van der Waals surface area contributed by atoms with Crippen LogP contribution in [0, 0.1) is 11.3 Å². The van der Waals surface area contributed by atoms with Gasteiger partial charge in [-0.05, 0) is 40.6 Å². The van der Waals surface area contributed by atoms with Crippen LogP contribution >= 0.6 is 24.0 Å². The lowest BCUT2D eigenvalue weighted by Crippen LogP contribution is -2.23. The molecule has 180 valence electrons. The Morgan fingerprint density at radius 1 is 1.00 bits per heavy atom. The zero-order chi connectivity index (χ0) is 25.8. The minimum absolute atomic E-state index is 0.199. The number of thioether (sulfide) groups is 1. The van der Waals surface area contributed by atoms with Crippen molar-refractivity contribution >= 4 is 56.8 Å². The molecular weight excluding hydrogens is 496 g/mol. The Morgan fingerprint density at radius 2 is 1.67 bits per heavy atom. The van der Waals surface area contributed by atoms with Crippen LogP contribution in [0.4, 0.5) is 0 Å². The van der Waals surface area contributed by atoms with E-state index in [9.17, 15) is 14.9 Å². The fraction of sp³-hybridized carbons (Fsp3) is 0.111. The lowest BCUT2D eigenvalue weighted by atomic mass is 10.0. The molecule has 0 bridgehead atoms. The largest absolute Gasteiger partial charge is 0.493 e. The third-order valence-corrected chi connectivity index (χ3v) is 6.77. The maximum absolute atomic E-state index is 13.1. The number of benzene rings is 3. The number of Topliss-reactive ketones (excluding diaryl/α,β-unsaturated/α-hetero) is 1. The van der Waals surface area contributed by atoms with Gasteiger partial charge in [0.25, 0.3) is 5.91 Å². The van der Waals surface area contributed by atoms with Gasteiger partial charge in [0.15, 0.2) is 15.8 Å². The molecule has 0 N–H and O–H groups in total. The van der Waals surface area contributed by atoms with Crippen molar-refractivity contribution in [3.63, 3.8) is 0 Å². The number of ketones is 1. The van der Waals surface area contributed by atoms with E-state index in [0.29, 0.717) is 33.3 Å². The lowest BCUT2D eigenvalue weighted by molar-refractivity contribution is -0.120. The molecule has 1 aliphatic heterocycles. The normalized spacial score (nSPS) is 14.8. The van der Waals surface area contributed by atoms with Crippen molar-refractivity contribution in [1.29, 1.82) is 5.26 Å². The number of nitriles is 1. The van der Waals surface area contributed by atoms with Crippen molar-refractivity contribution in [2.45, 2.75) is 0 Å². The smallest absolute Gasteiger partial charge is 0.270 e. The van der Waals surface area contributed by atoms with Crippen molar-refractivity contribution in [3.8, 4) is 23.3 Å². The Balaban J connectivity index is 1.64. The van der Waals surface area contributed by atoms with Gasteiger partial charge in [0.05, 0.1) is 26.2 Å². The van der Waals surface area contributed by atoms with Gasteiger partial charge in [-0.15, -0.1) is 0 Å². The van der Waals surface area contributed by atoms with Gasteiger partial charge in [0.1, 0.15) is 11.6 Å². The van der Waals surface area contributed by atoms with Crippen LogP contribution in [-0.2, 0) is 4.79 Å². The molecule has 1 saturated heterocycles. The summed E-state index contributed by atoms with van der Waals surface area (Å²) in [6.45, 7) is 0. The van der Waals surface area contributed by atoms with Crippen molar-refractivity contribution in [1.82, 2.24) is 4.90 Å². The monoisotopic (exact) mass is 516 g/mol. The van der Waals surface area contributed by atoms with Crippen molar-refractivity contribution < 1.29 is 23.8 Å². The van der Waals surface area contributed by atoms with Crippen molar-refractivity contribution in [2.75, 3.05) is 21.3 Å². The maximum atomic E-state index is 13.1. The van der Waals surface area contributed by atoms with Crippen LogP contribution in [0.25, 0.3) is 16.8 Å². The van der Waals surface area contributed by atoms with E-state index in [1.807, 2.05) is 36.4 Å². The highest BCUT2D eigenvalue weighted by Gasteiger charge is 2.32. The van der Waals surface area contributed by atoms with Gasteiger partial charge in [0, 0.05) is 11.8 Å². The quantitative estimate of drug-likeness (QED) is 0.180.